The Bertz CT molecular complexity index is 609. The Balaban J connectivity index is 2.23. The number of carbonyl (C=O) groups is 2. The first-order chi connectivity index (χ1) is 8.65. The van der Waals surface area contributed by atoms with Gasteiger partial charge in [-0.2, -0.15) is 0 Å². The topological polar surface area (TPSA) is 54.4 Å². The van der Waals surface area contributed by atoms with E-state index in [1.54, 1.807) is 54.6 Å². The van der Waals surface area contributed by atoms with E-state index in [0.29, 0.717) is 5.56 Å². The predicted molar refractivity (Wildman–Crippen MR) is 65.4 cm³/mol. The SMILES string of the molecule is O=C1c2ccccc2C(=O)C1(O)c1ccccc1. The van der Waals surface area contributed by atoms with Crippen LogP contribution in [0.2, 0.25) is 0 Å². The maximum absolute atomic E-state index is 12.3. The first-order valence-corrected chi connectivity index (χ1v) is 5.62. The molecule has 2 aromatic rings. The standard InChI is InChI=1S/C15H10O3/c16-13-11-8-4-5-9-12(11)14(17)15(13,18)10-6-2-1-3-7-10/h1-9,18H. The molecule has 2 aromatic carbocycles. The molecular formula is C15H10O3. The van der Waals surface area contributed by atoms with Crippen LogP contribution in [0.1, 0.15) is 26.3 Å². The van der Waals surface area contributed by atoms with Crippen molar-refractivity contribution in [3.8, 4) is 0 Å². The van der Waals surface area contributed by atoms with Crippen molar-refractivity contribution in [2.24, 2.45) is 0 Å². The molecule has 3 heteroatoms. The quantitative estimate of drug-likeness (QED) is 0.772. The number of rotatable bonds is 1. The Kier molecular flexibility index (Phi) is 2.18. The van der Waals surface area contributed by atoms with Crippen molar-refractivity contribution in [1.29, 1.82) is 0 Å². The Morgan fingerprint density at radius 1 is 0.722 bits per heavy atom. The minimum absolute atomic E-state index is 0.286. The number of benzene rings is 2. The van der Waals surface area contributed by atoms with E-state index in [0.717, 1.165) is 0 Å². The fourth-order valence-corrected chi connectivity index (χ4v) is 2.31. The molecule has 0 amide bonds. The summed E-state index contributed by atoms with van der Waals surface area (Å²) in [6.07, 6.45) is 0. The molecule has 0 radical (unpaired) electrons. The molecule has 0 heterocycles. The number of carbonyl (C=O) groups excluding carboxylic acids is 2. The highest BCUT2D eigenvalue weighted by Gasteiger charge is 2.52. The predicted octanol–water partition coefficient (Wildman–Crippen LogP) is 1.95. The molecule has 0 aromatic heterocycles. The average molecular weight is 238 g/mol. The molecule has 0 aliphatic heterocycles. The first kappa shape index (κ1) is 10.9. The molecule has 18 heavy (non-hydrogen) atoms. The van der Waals surface area contributed by atoms with Gasteiger partial charge >= 0.3 is 0 Å². The van der Waals surface area contributed by atoms with Crippen LogP contribution in [0.5, 0.6) is 0 Å². The summed E-state index contributed by atoms with van der Waals surface area (Å²) in [6, 6.07) is 14.8. The highest BCUT2D eigenvalue weighted by atomic mass is 16.3. The van der Waals surface area contributed by atoms with Crippen molar-refractivity contribution in [3.63, 3.8) is 0 Å². The van der Waals surface area contributed by atoms with Crippen LogP contribution >= 0.6 is 0 Å². The lowest BCUT2D eigenvalue weighted by Gasteiger charge is -2.19. The van der Waals surface area contributed by atoms with E-state index >= 15 is 0 Å². The van der Waals surface area contributed by atoms with E-state index in [-0.39, 0.29) is 11.1 Å². The first-order valence-electron chi connectivity index (χ1n) is 5.62. The van der Waals surface area contributed by atoms with Crippen molar-refractivity contribution >= 4 is 11.6 Å². The van der Waals surface area contributed by atoms with Crippen molar-refractivity contribution in [2.45, 2.75) is 5.60 Å². The number of hydrogen-bond donors (Lipinski definition) is 1. The molecule has 0 saturated heterocycles. The Hall–Kier alpha value is -2.26. The number of fused-ring (bicyclic) bond motifs is 1. The minimum Gasteiger partial charge on any atom is -0.370 e. The van der Waals surface area contributed by atoms with Crippen molar-refractivity contribution < 1.29 is 14.7 Å². The molecule has 0 fully saturated rings. The van der Waals surface area contributed by atoms with Gasteiger partial charge in [0.05, 0.1) is 0 Å². The molecule has 1 aliphatic rings. The summed E-state index contributed by atoms with van der Waals surface area (Å²) in [5, 5.41) is 10.5. The maximum Gasteiger partial charge on any atom is 0.216 e. The van der Waals surface area contributed by atoms with Crippen LogP contribution in [0.25, 0.3) is 0 Å². The zero-order valence-corrected chi connectivity index (χ0v) is 9.46. The summed E-state index contributed by atoms with van der Waals surface area (Å²) in [6.45, 7) is 0. The minimum atomic E-state index is -2.06. The summed E-state index contributed by atoms with van der Waals surface area (Å²) in [4.78, 5) is 24.5. The Labute approximate surface area is 104 Å². The van der Waals surface area contributed by atoms with E-state index in [1.807, 2.05) is 0 Å². The molecule has 88 valence electrons. The maximum atomic E-state index is 12.3. The van der Waals surface area contributed by atoms with E-state index in [1.165, 1.54) is 0 Å². The average Bonchev–Trinajstić information content (AvgIpc) is 2.64. The number of aliphatic hydroxyl groups is 1. The van der Waals surface area contributed by atoms with Gasteiger partial charge in [0.2, 0.25) is 17.2 Å². The van der Waals surface area contributed by atoms with Crippen LogP contribution in [-0.4, -0.2) is 16.7 Å². The summed E-state index contributed by atoms with van der Waals surface area (Å²) in [5.41, 5.74) is -1.18. The van der Waals surface area contributed by atoms with Gasteiger partial charge in [0, 0.05) is 11.1 Å². The Morgan fingerprint density at radius 3 is 1.67 bits per heavy atom. The second-order valence-electron chi connectivity index (χ2n) is 4.28. The summed E-state index contributed by atoms with van der Waals surface area (Å²) < 4.78 is 0. The van der Waals surface area contributed by atoms with Gasteiger partial charge in [0.25, 0.3) is 0 Å². The molecule has 1 aliphatic carbocycles. The van der Waals surface area contributed by atoms with Gasteiger partial charge < -0.3 is 5.11 Å². The molecule has 0 unspecified atom stereocenters. The Morgan fingerprint density at radius 2 is 1.17 bits per heavy atom. The molecule has 3 rings (SSSR count). The zero-order valence-electron chi connectivity index (χ0n) is 9.46. The smallest absolute Gasteiger partial charge is 0.216 e. The fourth-order valence-electron chi connectivity index (χ4n) is 2.31. The summed E-state index contributed by atoms with van der Waals surface area (Å²) in [5.74, 6) is -1.09. The largest absolute Gasteiger partial charge is 0.370 e. The van der Waals surface area contributed by atoms with Crippen LogP contribution in [0.15, 0.2) is 54.6 Å². The van der Waals surface area contributed by atoms with Gasteiger partial charge in [-0.1, -0.05) is 54.6 Å². The van der Waals surface area contributed by atoms with Crippen LogP contribution in [0.3, 0.4) is 0 Å². The summed E-state index contributed by atoms with van der Waals surface area (Å²) >= 11 is 0. The molecule has 0 atom stereocenters. The van der Waals surface area contributed by atoms with E-state index in [4.69, 9.17) is 0 Å². The monoisotopic (exact) mass is 238 g/mol. The van der Waals surface area contributed by atoms with Crippen molar-refractivity contribution in [3.05, 3.63) is 71.3 Å². The molecule has 0 saturated carbocycles. The second-order valence-corrected chi connectivity index (χ2v) is 4.28. The van der Waals surface area contributed by atoms with Crippen LogP contribution < -0.4 is 0 Å². The highest BCUT2D eigenvalue weighted by molar-refractivity contribution is 6.31. The lowest BCUT2D eigenvalue weighted by molar-refractivity contribution is 0.0321. The third-order valence-electron chi connectivity index (χ3n) is 3.27. The van der Waals surface area contributed by atoms with Gasteiger partial charge in [-0.25, -0.2) is 0 Å². The fraction of sp³-hybridized carbons (Fsp3) is 0.0667. The normalized spacial score (nSPS) is 16.7. The highest BCUT2D eigenvalue weighted by Crippen LogP contribution is 2.37. The molecule has 0 spiro atoms. The molecule has 0 bridgehead atoms. The summed E-state index contributed by atoms with van der Waals surface area (Å²) in [7, 11) is 0. The van der Waals surface area contributed by atoms with Crippen LogP contribution in [0.4, 0.5) is 0 Å². The van der Waals surface area contributed by atoms with Gasteiger partial charge in [0.15, 0.2) is 0 Å². The van der Waals surface area contributed by atoms with Crippen LogP contribution in [-0.2, 0) is 5.60 Å². The van der Waals surface area contributed by atoms with E-state index in [9.17, 15) is 14.7 Å². The molecular weight excluding hydrogens is 228 g/mol. The lowest BCUT2D eigenvalue weighted by atomic mass is 9.89. The van der Waals surface area contributed by atoms with Gasteiger partial charge in [0.1, 0.15) is 0 Å². The lowest BCUT2D eigenvalue weighted by Crippen LogP contribution is -2.37. The molecule has 1 N–H and O–H groups in total. The number of ketones is 2. The van der Waals surface area contributed by atoms with Gasteiger partial charge in [-0.05, 0) is 5.56 Å². The van der Waals surface area contributed by atoms with Crippen molar-refractivity contribution in [2.75, 3.05) is 0 Å². The number of hydrogen-bond acceptors (Lipinski definition) is 3. The third-order valence-corrected chi connectivity index (χ3v) is 3.27. The van der Waals surface area contributed by atoms with Crippen molar-refractivity contribution in [1.82, 2.24) is 0 Å². The van der Waals surface area contributed by atoms with Crippen LogP contribution in [0, 0.1) is 0 Å². The van der Waals surface area contributed by atoms with E-state index < -0.39 is 17.2 Å². The van der Waals surface area contributed by atoms with Gasteiger partial charge in [-0.15, -0.1) is 0 Å². The second kappa shape index (κ2) is 3.62. The third kappa shape index (κ3) is 1.22. The van der Waals surface area contributed by atoms with Gasteiger partial charge in [-0.3, -0.25) is 9.59 Å². The number of Topliss-reactive ketones (excluding diaryl/α,β-unsaturated/α-hetero) is 2. The molecule has 3 nitrogen and oxygen atoms in total. The zero-order chi connectivity index (χ0) is 12.8. The van der Waals surface area contributed by atoms with E-state index in [2.05, 4.69) is 0 Å².